The van der Waals surface area contributed by atoms with Crippen molar-refractivity contribution in [3.63, 3.8) is 0 Å². The molecule has 0 saturated heterocycles. The molecule has 0 aromatic carbocycles. The second-order valence-corrected chi connectivity index (χ2v) is 4.15. The molecule has 1 atom stereocenters. The molecule has 0 aliphatic heterocycles. The van der Waals surface area contributed by atoms with Crippen LogP contribution in [0.15, 0.2) is 0 Å². The lowest BCUT2D eigenvalue weighted by Crippen LogP contribution is -2.19. The van der Waals surface area contributed by atoms with Gasteiger partial charge in [0.1, 0.15) is 0 Å². The number of hydrogen-bond acceptors (Lipinski definition) is 2. The molecule has 0 aliphatic carbocycles. The molecule has 0 spiro atoms. The summed E-state index contributed by atoms with van der Waals surface area (Å²) in [6.45, 7) is 6.75. The minimum Gasteiger partial charge on any atom is -0.328 e. The zero-order valence-electron chi connectivity index (χ0n) is 10.0. The van der Waals surface area contributed by atoms with Crippen molar-refractivity contribution < 1.29 is 0 Å². The van der Waals surface area contributed by atoms with E-state index in [2.05, 4.69) is 19.2 Å². The van der Waals surface area contributed by atoms with Gasteiger partial charge in [-0.1, -0.05) is 33.1 Å². The lowest BCUT2D eigenvalue weighted by molar-refractivity contribution is 0.510. The summed E-state index contributed by atoms with van der Waals surface area (Å²) < 4.78 is 0. The van der Waals surface area contributed by atoms with Crippen molar-refractivity contribution >= 4 is 0 Å². The highest BCUT2D eigenvalue weighted by Crippen LogP contribution is 2.05. The Kier molecular flexibility index (Phi) is 10.9. The van der Waals surface area contributed by atoms with Gasteiger partial charge in [0.05, 0.1) is 0 Å². The van der Waals surface area contributed by atoms with Crippen LogP contribution in [-0.2, 0) is 0 Å². The van der Waals surface area contributed by atoms with Gasteiger partial charge < -0.3 is 11.1 Å². The Labute approximate surface area is 89.6 Å². The van der Waals surface area contributed by atoms with Crippen molar-refractivity contribution in [1.82, 2.24) is 5.32 Å². The molecule has 2 nitrogen and oxygen atoms in total. The molecule has 2 heteroatoms. The number of unbranched alkanes of at least 4 members (excludes halogenated alkanes) is 2. The minimum absolute atomic E-state index is 0.448. The van der Waals surface area contributed by atoms with E-state index in [0.717, 1.165) is 6.54 Å². The summed E-state index contributed by atoms with van der Waals surface area (Å²) in [5, 5.41) is 3.42. The van der Waals surface area contributed by atoms with Crippen molar-refractivity contribution in [1.29, 1.82) is 0 Å². The smallest absolute Gasteiger partial charge is 0.00387 e. The van der Waals surface area contributed by atoms with Gasteiger partial charge in [-0.3, -0.25) is 0 Å². The Morgan fingerprint density at radius 3 is 2.36 bits per heavy atom. The van der Waals surface area contributed by atoms with Crippen LogP contribution in [0, 0.1) is 0 Å². The van der Waals surface area contributed by atoms with E-state index >= 15 is 0 Å². The fourth-order valence-electron chi connectivity index (χ4n) is 1.65. The van der Waals surface area contributed by atoms with Gasteiger partial charge in [-0.05, 0) is 38.8 Å². The van der Waals surface area contributed by atoms with Crippen LogP contribution in [0.5, 0.6) is 0 Å². The summed E-state index contributed by atoms with van der Waals surface area (Å²) in [7, 11) is 0. The van der Waals surface area contributed by atoms with E-state index in [9.17, 15) is 0 Å². The zero-order chi connectivity index (χ0) is 10.6. The number of nitrogens with two attached hydrogens (primary N) is 1. The Bertz CT molecular complexity index is 104. The molecular formula is C12H28N2. The van der Waals surface area contributed by atoms with E-state index in [-0.39, 0.29) is 0 Å². The van der Waals surface area contributed by atoms with Crippen LogP contribution in [0.4, 0.5) is 0 Å². The van der Waals surface area contributed by atoms with E-state index in [0.29, 0.717) is 6.04 Å². The quantitative estimate of drug-likeness (QED) is 0.532. The molecule has 0 aromatic rings. The molecule has 0 rings (SSSR count). The Hall–Kier alpha value is -0.0800. The van der Waals surface area contributed by atoms with Crippen molar-refractivity contribution in [3.05, 3.63) is 0 Å². The van der Waals surface area contributed by atoms with Crippen molar-refractivity contribution in [2.75, 3.05) is 13.1 Å². The van der Waals surface area contributed by atoms with Crippen LogP contribution >= 0.6 is 0 Å². The summed E-state index contributed by atoms with van der Waals surface area (Å²) >= 11 is 0. The normalized spacial score (nSPS) is 13.1. The monoisotopic (exact) mass is 200 g/mol. The third-order valence-corrected chi connectivity index (χ3v) is 2.51. The molecule has 0 aliphatic rings. The van der Waals surface area contributed by atoms with Gasteiger partial charge in [-0.25, -0.2) is 0 Å². The van der Waals surface area contributed by atoms with Crippen LogP contribution in [0.3, 0.4) is 0 Å². The Balaban J connectivity index is 2.98. The summed E-state index contributed by atoms with van der Waals surface area (Å²) in [5.41, 5.74) is 5.93. The molecule has 3 N–H and O–H groups in total. The molecule has 0 amide bonds. The predicted octanol–water partition coefficient (Wildman–Crippen LogP) is 2.67. The molecule has 86 valence electrons. The third-order valence-electron chi connectivity index (χ3n) is 2.51. The highest BCUT2D eigenvalue weighted by molar-refractivity contribution is 4.60. The molecule has 0 heterocycles. The fourth-order valence-corrected chi connectivity index (χ4v) is 1.65. The van der Waals surface area contributed by atoms with Gasteiger partial charge in [-0.2, -0.15) is 0 Å². The molecule has 0 saturated carbocycles. The molecule has 0 radical (unpaired) electrons. The SMILES string of the molecule is CCCNCCCCCC(N)CCC. The number of nitrogens with one attached hydrogen (secondary N) is 1. The zero-order valence-corrected chi connectivity index (χ0v) is 10.0. The van der Waals surface area contributed by atoms with Gasteiger partial charge >= 0.3 is 0 Å². The first-order valence-electron chi connectivity index (χ1n) is 6.27. The summed E-state index contributed by atoms with van der Waals surface area (Å²) in [6.07, 6.45) is 8.79. The van der Waals surface area contributed by atoms with Gasteiger partial charge in [-0.15, -0.1) is 0 Å². The van der Waals surface area contributed by atoms with Gasteiger partial charge in [0.15, 0.2) is 0 Å². The van der Waals surface area contributed by atoms with Crippen LogP contribution in [0.25, 0.3) is 0 Å². The van der Waals surface area contributed by atoms with Crippen LogP contribution in [0.1, 0.15) is 58.8 Å². The number of rotatable bonds is 10. The topological polar surface area (TPSA) is 38.0 Å². The standard InChI is InChI=1S/C12H28N2/c1-3-8-12(13)9-6-5-7-11-14-10-4-2/h12,14H,3-11,13H2,1-2H3. The van der Waals surface area contributed by atoms with Crippen LogP contribution in [0.2, 0.25) is 0 Å². The molecule has 1 unspecified atom stereocenters. The maximum absolute atomic E-state index is 5.93. The van der Waals surface area contributed by atoms with Gasteiger partial charge in [0.25, 0.3) is 0 Å². The first-order valence-corrected chi connectivity index (χ1v) is 6.27. The number of hydrogen-bond donors (Lipinski definition) is 2. The summed E-state index contributed by atoms with van der Waals surface area (Å²) in [5.74, 6) is 0. The Morgan fingerprint density at radius 2 is 1.71 bits per heavy atom. The van der Waals surface area contributed by atoms with Crippen molar-refractivity contribution in [2.45, 2.75) is 64.8 Å². The third kappa shape index (κ3) is 10.0. The first-order chi connectivity index (χ1) is 6.81. The van der Waals surface area contributed by atoms with E-state index in [1.165, 1.54) is 51.5 Å². The summed E-state index contributed by atoms with van der Waals surface area (Å²) in [4.78, 5) is 0. The second-order valence-electron chi connectivity index (χ2n) is 4.15. The lowest BCUT2D eigenvalue weighted by atomic mass is 10.1. The van der Waals surface area contributed by atoms with E-state index in [1.807, 2.05) is 0 Å². The molecule has 0 fully saturated rings. The summed E-state index contributed by atoms with van der Waals surface area (Å²) in [6, 6.07) is 0.448. The lowest BCUT2D eigenvalue weighted by Gasteiger charge is -2.09. The van der Waals surface area contributed by atoms with Gasteiger partial charge in [0.2, 0.25) is 0 Å². The van der Waals surface area contributed by atoms with E-state index < -0.39 is 0 Å². The second kappa shape index (κ2) is 11.0. The minimum atomic E-state index is 0.448. The highest BCUT2D eigenvalue weighted by Gasteiger charge is 1.99. The maximum atomic E-state index is 5.93. The maximum Gasteiger partial charge on any atom is 0.00387 e. The molecule has 0 bridgehead atoms. The van der Waals surface area contributed by atoms with Crippen molar-refractivity contribution in [3.8, 4) is 0 Å². The average molecular weight is 200 g/mol. The van der Waals surface area contributed by atoms with Crippen LogP contribution < -0.4 is 11.1 Å². The van der Waals surface area contributed by atoms with Gasteiger partial charge in [0, 0.05) is 6.04 Å². The van der Waals surface area contributed by atoms with E-state index in [1.54, 1.807) is 0 Å². The fraction of sp³-hybridized carbons (Fsp3) is 1.00. The first kappa shape index (κ1) is 13.9. The highest BCUT2D eigenvalue weighted by atomic mass is 14.8. The molecular weight excluding hydrogens is 172 g/mol. The van der Waals surface area contributed by atoms with Crippen molar-refractivity contribution in [2.24, 2.45) is 5.73 Å². The van der Waals surface area contributed by atoms with E-state index in [4.69, 9.17) is 5.73 Å². The molecule has 14 heavy (non-hydrogen) atoms. The average Bonchev–Trinajstić information content (AvgIpc) is 2.17. The predicted molar refractivity (Wildman–Crippen MR) is 64.5 cm³/mol. The van der Waals surface area contributed by atoms with Crippen LogP contribution in [-0.4, -0.2) is 19.1 Å². The largest absolute Gasteiger partial charge is 0.328 e. The Morgan fingerprint density at radius 1 is 0.929 bits per heavy atom. The molecule has 0 aromatic heterocycles.